The number of likely N-dealkylation sites (tertiary alicyclic amines) is 2. The average Bonchev–Trinajstić information content (AvgIpc) is 3.34. The van der Waals surface area contributed by atoms with E-state index in [1.165, 1.54) is 19.3 Å². The molecule has 0 aromatic rings. The smallest absolute Gasteiger partial charge is 0.320 e. The Labute approximate surface area is 219 Å². The monoisotopic (exact) mass is 522 g/mol. The summed E-state index contributed by atoms with van der Waals surface area (Å²) < 4.78 is 17.9. The molecule has 4 heterocycles. The Kier molecular flexibility index (Phi) is 8.18. The Morgan fingerprint density at radius 2 is 1.64 bits per heavy atom. The molecule has 9 heteroatoms. The van der Waals surface area contributed by atoms with Gasteiger partial charge in [-0.15, -0.1) is 11.8 Å². The van der Waals surface area contributed by atoms with E-state index in [1.54, 1.807) is 18.7 Å². The summed E-state index contributed by atoms with van der Waals surface area (Å²) in [4.78, 5) is 44.0. The second-order valence-corrected chi connectivity index (χ2v) is 12.9. The lowest BCUT2D eigenvalue weighted by atomic mass is 9.78. The highest BCUT2D eigenvalue weighted by Crippen LogP contribution is 2.60. The van der Waals surface area contributed by atoms with Gasteiger partial charge in [0.05, 0.1) is 35.8 Å². The van der Waals surface area contributed by atoms with Crippen LogP contribution < -0.4 is 0 Å². The SMILES string of the molecule is CC(OC(=O)C1C2SC3C1C(=O)N(C(C)C)C3C2OC(=O)CN1CCCCCC1)OC1CCCCC1. The number of nitrogens with zero attached hydrogens (tertiary/aromatic N) is 2. The molecule has 2 bridgehead atoms. The number of hydrogen-bond donors (Lipinski definition) is 0. The van der Waals surface area contributed by atoms with Crippen molar-refractivity contribution < 1.29 is 28.6 Å². The van der Waals surface area contributed by atoms with Gasteiger partial charge in [-0.2, -0.15) is 0 Å². The van der Waals surface area contributed by atoms with Crippen molar-refractivity contribution >= 4 is 29.6 Å². The second kappa shape index (κ2) is 11.2. The number of thioether (sulfide) groups is 1. The number of rotatable bonds is 8. The van der Waals surface area contributed by atoms with Crippen LogP contribution in [0.3, 0.4) is 0 Å². The maximum atomic E-state index is 13.5. The Bertz CT molecular complexity index is 825. The molecule has 0 N–H and O–H groups in total. The summed E-state index contributed by atoms with van der Waals surface area (Å²) >= 11 is 1.64. The minimum atomic E-state index is -0.651. The third kappa shape index (κ3) is 5.17. The van der Waals surface area contributed by atoms with E-state index in [4.69, 9.17) is 14.2 Å². The standard InChI is InChI=1S/C27H42N2O6S/c1-16(2)29-22-23(35-19(30)15-28-13-9-4-5-10-14-28)25-21(20(26(29)31)24(22)36-25)27(32)34-17(3)33-18-11-7-6-8-12-18/h16-18,20-25H,4-15H2,1-3H3. The van der Waals surface area contributed by atoms with Crippen molar-refractivity contribution in [1.82, 2.24) is 9.80 Å². The lowest BCUT2D eigenvalue weighted by molar-refractivity contribution is -0.194. The van der Waals surface area contributed by atoms with E-state index >= 15 is 0 Å². The molecule has 5 rings (SSSR count). The van der Waals surface area contributed by atoms with Gasteiger partial charge >= 0.3 is 11.9 Å². The maximum Gasteiger partial charge on any atom is 0.320 e. The summed E-state index contributed by atoms with van der Waals surface area (Å²) in [5, 5.41) is -0.312. The van der Waals surface area contributed by atoms with Crippen molar-refractivity contribution in [3.8, 4) is 0 Å². The molecule has 4 aliphatic heterocycles. The van der Waals surface area contributed by atoms with E-state index in [1.807, 2.05) is 18.7 Å². The fourth-order valence-electron chi connectivity index (χ4n) is 7.07. The van der Waals surface area contributed by atoms with Crippen LogP contribution in [0.2, 0.25) is 0 Å². The fourth-order valence-corrected chi connectivity index (χ4v) is 9.16. The maximum absolute atomic E-state index is 13.5. The Hall–Kier alpha value is -1.32. The van der Waals surface area contributed by atoms with Gasteiger partial charge in [0, 0.05) is 11.3 Å². The number of carbonyl (C=O) groups excluding carboxylic acids is 3. The molecule has 0 radical (unpaired) electrons. The normalized spacial score (nSPS) is 35.8. The quantitative estimate of drug-likeness (QED) is 0.354. The van der Waals surface area contributed by atoms with Gasteiger partial charge in [0.1, 0.15) is 6.10 Å². The Morgan fingerprint density at radius 3 is 2.31 bits per heavy atom. The average molecular weight is 523 g/mol. The molecule has 5 fully saturated rings. The molecular formula is C27H42N2O6S. The van der Waals surface area contributed by atoms with Crippen LogP contribution in [-0.4, -0.2) is 88.4 Å². The highest BCUT2D eigenvalue weighted by molar-refractivity contribution is 8.01. The van der Waals surface area contributed by atoms with E-state index in [-0.39, 0.29) is 47.1 Å². The number of hydrogen-bond acceptors (Lipinski definition) is 8. The molecule has 0 spiro atoms. The minimum Gasteiger partial charge on any atom is -0.458 e. The molecule has 1 aliphatic carbocycles. The number of esters is 2. The number of amides is 1. The Balaban J connectivity index is 1.28. The first-order chi connectivity index (χ1) is 17.3. The van der Waals surface area contributed by atoms with E-state index in [9.17, 15) is 14.4 Å². The van der Waals surface area contributed by atoms with Crippen LogP contribution in [-0.2, 0) is 28.6 Å². The van der Waals surface area contributed by atoms with Gasteiger partial charge in [0.25, 0.3) is 0 Å². The van der Waals surface area contributed by atoms with Crippen molar-refractivity contribution in [2.24, 2.45) is 11.8 Å². The first kappa shape index (κ1) is 26.3. The number of ether oxygens (including phenoxy) is 3. The zero-order valence-corrected chi connectivity index (χ0v) is 22.8. The highest BCUT2D eigenvalue weighted by Gasteiger charge is 2.72. The molecule has 36 heavy (non-hydrogen) atoms. The first-order valence-corrected chi connectivity index (χ1v) is 15.0. The molecule has 202 valence electrons. The highest BCUT2D eigenvalue weighted by atomic mass is 32.2. The van der Waals surface area contributed by atoms with Gasteiger partial charge in [-0.1, -0.05) is 32.1 Å². The lowest BCUT2D eigenvalue weighted by Crippen LogP contribution is -2.52. The zero-order valence-electron chi connectivity index (χ0n) is 21.9. The third-order valence-electron chi connectivity index (χ3n) is 8.63. The summed E-state index contributed by atoms with van der Waals surface area (Å²) in [6.07, 6.45) is 9.09. The summed E-state index contributed by atoms with van der Waals surface area (Å²) in [5.74, 6) is -1.68. The van der Waals surface area contributed by atoms with Crippen LogP contribution in [0.25, 0.3) is 0 Å². The van der Waals surface area contributed by atoms with Crippen LogP contribution in [0.5, 0.6) is 0 Å². The van der Waals surface area contributed by atoms with Crippen LogP contribution in [0.4, 0.5) is 0 Å². The summed E-state index contributed by atoms with van der Waals surface area (Å²) in [6, 6.07) is -0.199. The lowest BCUT2D eigenvalue weighted by Gasteiger charge is -2.35. The van der Waals surface area contributed by atoms with Crippen molar-refractivity contribution in [2.45, 2.75) is 120 Å². The topological polar surface area (TPSA) is 85.4 Å². The van der Waals surface area contributed by atoms with E-state index < -0.39 is 30.2 Å². The largest absolute Gasteiger partial charge is 0.458 e. The number of carbonyl (C=O) groups is 3. The van der Waals surface area contributed by atoms with Gasteiger partial charge < -0.3 is 19.1 Å². The Morgan fingerprint density at radius 1 is 0.972 bits per heavy atom. The fraction of sp³-hybridized carbons (Fsp3) is 0.889. The van der Waals surface area contributed by atoms with Gasteiger partial charge in [-0.3, -0.25) is 19.3 Å². The molecule has 7 atom stereocenters. The predicted molar refractivity (Wildman–Crippen MR) is 136 cm³/mol. The van der Waals surface area contributed by atoms with Gasteiger partial charge in [0.15, 0.2) is 6.29 Å². The van der Waals surface area contributed by atoms with Gasteiger partial charge in [0.2, 0.25) is 5.91 Å². The number of fused-ring (bicyclic) bond motifs is 1. The minimum absolute atomic E-state index is 0.0103. The molecular weight excluding hydrogens is 480 g/mol. The molecule has 1 saturated carbocycles. The predicted octanol–water partition coefficient (Wildman–Crippen LogP) is 3.36. The van der Waals surface area contributed by atoms with E-state index in [2.05, 4.69) is 4.90 Å². The van der Waals surface area contributed by atoms with Crippen molar-refractivity contribution in [3.63, 3.8) is 0 Å². The molecule has 1 amide bonds. The van der Waals surface area contributed by atoms with E-state index in [0.717, 1.165) is 51.6 Å². The van der Waals surface area contributed by atoms with E-state index in [0.29, 0.717) is 0 Å². The van der Waals surface area contributed by atoms with Gasteiger partial charge in [-0.05, 0) is 59.5 Å². The molecule has 5 aliphatic rings. The zero-order chi connectivity index (χ0) is 25.4. The molecule has 8 nitrogen and oxygen atoms in total. The summed E-state index contributed by atoms with van der Waals surface area (Å²) in [7, 11) is 0. The van der Waals surface area contributed by atoms with Gasteiger partial charge in [-0.25, -0.2) is 0 Å². The third-order valence-corrected chi connectivity index (χ3v) is 10.4. The molecule has 7 unspecified atom stereocenters. The van der Waals surface area contributed by atoms with Crippen molar-refractivity contribution in [3.05, 3.63) is 0 Å². The first-order valence-electron chi connectivity index (χ1n) is 14.1. The van der Waals surface area contributed by atoms with Crippen molar-refractivity contribution in [1.29, 1.82) is 0 Å². The van der Waals surface area contributed by atoms with Crippen LogP contribution in [0.1, 0.15) is 78.6 Å². The summed E-state index contributed by atoms with van der Waals surface area (Å²) in [6.45, 7) is 7.85. The molecule has 4 saturated heterocycles. The van der Waals surface area contributed by atoms with Crippen LogP contribution in [0.15, 0.2) is 0 Å². The second-order valence-electron chi connectivity index (χ2n) is 11.5. The van der Waals surface area contributed by atoms with Crippen LogP contribution >= 0.6 is 11.8 Å². The molecule has 0 aromatic heterocycles. The van der Waals surface area contributed by atoms with Crippen molar-refractivity contribution in [2.75, 3.05) is 19.6 Å². The summed E-state index contributed by atoms with van der Waals surface area (Å²) in [5.41, 5.74) is 0. The molecule has 0 aromatic carbocycles. The van der Waals surface area contributed by atoms with Crippen LogP contribution in [0, 0.1) is 11.8 Å².